The number of rotatable bonds is 6. The number of methoxy groups -OCH3 is 1. The summed E-state index contributed by atoms with van der Waals surface area (Å²) in [5.41, 5.74) is 6.23. The molecular weight excluding hydrogens is 478 g/mol. The maximum Gasteiger partial charge on any atom is 0.255 e. The smallest absolute Gasteiger partial charge is 0.255 e. The van der Waals surface area contributed by atoms with Crippen LogP contribution in [0.3, 0.4) is 0 Å². The Morgan fingerprint density at radius 3 is 2.34 bits per heavy atom. The lowest BCUT2D eigenvalue weighted by atomic mass is 9.96. The van der Waals surface area contributed by atoms with Crippen LogP contribution < -0.4 is 10.1 Å². The molecule has 2 heterocycles. The summed E-state index contributed by atoms with van der Waals surface area (Å²) in [6.45, 7) is 6.47. The van der Waals surface area contributed by atoms with Crippen LogP contribution in [0.5, 0.6) is 5.75 Å². The SMILES string of the molecule is COc1ccc(NC(=O)c2ccc(-c3ccc(C(=O)N4CCOCC4)cc3C)cc2)cc1C1CCN(C)C1. The van der Waals surface area contributed by atoms with Gasteiger partial charge in [-0.15, -0.1) is 0 Å². The van der Waals surface area contributed by atoms with Gasteiger partial charge in [0.05, 0.1) is 20.3 Å². The largest absolute Gasteiger partial charge is 0.496 e. The van der Waals surface area contributed by atoms with E-state index >= 15 is 0 Å². The third kappa shape index (κ3) is 5.59. The molecule has 7 heteroatoms. The molecule has 3 aromatic carbocycles. The predicted octanol–water partition coefficient (Wildman–Crippen LogP) is 4.81. The standard InChI is InChI=1S/C31H35N3O4/c1-21-18-24(31(36)34-14-16-38-17-15-34)8-10-27(21)22-4-6-23(7-5-22)30(35)32-26-9-11-29(37-3)28(19-26)25-12-13-33(2)20-25/h4-11,18-19,25H,12-17,20H2,1-3H3,(H,32,35). The van der Waals surface area contributed by atoms with Crippen molar-refractivity contribution in [3.8, 4) is 16.9 Å². The molecule has 1 atom stereocenters. The Kier molecular flexibility index (Phi) is 7.77. The maximum absolute atomic E-state index is 13.0. The molecule has 7 nitrogen and oxygen atoms in total. The van der Waals surface area contributed by atoms with Crippen LogP contribution in [0.15, 0.2) is 60.7 Å². The minimum absolute atomic E-state index is 0.0385. The fraction of sp³-hybridized carbons (Fsp3) is 0.355. The Bertz CT molecular complexity index is 1320. The Morgan fingerprint density at radius 1 is 0.947 bits per heavy atom. The highest BCUT2D eigenvalue weighted by Gasteiger charge is 2.24. The summed E-state index contributed by atoms with van der Waals surface area (Å²) in [5.74, 6) is 1.14. The Hall–Kier alpha value is -3.68. The zero-order valence-electron chi connectivity index (χ0n) is 22.3. The number of hydrogen-bond acceptors (Lipinski definition) is 5. The molecule has 2 amide bonds. The van der Waals surface area contributed by atoms with E-state index in [1.807, 2.05) is 72.5 Å². The second kappa shape index (κ2) is 11.4. The second-order valence-corrected chi connectivity index (χ2v) is 10.2. The van der Waals surface area contributed by atoms with Crippen molar-refractivity contribution in [3.63, 3.8) is 0 Å². The summed E-state index contributed by atoms with van der Waals surface area (Å²) in [6.07, 6.45) is 1.08. The van der Waals surface area contributed by atoms with Gasteiger partial charge in [0.2, 0.25) is 0 Å². The second-order valence-electron chi connectivity index (χ2n) is 10.2. The van der Waals surface area contributed by atoms with Crippen LogP contribution >= 0.6 is 0 Å². The lowest BCUT2D eigenvalue weighted by Crippen LogP contribution is -2.40. The molecule has 1 N–H and O–H groups in total. The number of likely N-dealkylation sites (tertiary alicyclic amines) is 1. The van der Waals surface area contributed by atoms with Crippen LogP contribution in [-0.4, -0.2) is 75.2 Å². The number of aryl methyl sites for hydroxylation is 1. The predicted molar refractivity (Wildman–Crippen MR) is 149 cm³/mol. The molecule has 2 aliphatic rings. The van der Waals surface area contributed by atoms with Gasteiger partial charge in [-0.2, -0.15) is 0 Å². The first-order valence-corrected chi connectivity index (χ1v) is 13.2. The van der Waals surface area contributed by atoms with Crippen LogP contribution in [0, 0.1) is 6.92 Å². The summed E-state index contributed by atoms with van der Waals surface area (Å²) < 4.78 is 11.0. The number of hydrogen-bond donors (Lipinski definition) is 1. The first-order valence-electron chi connectivity index (χ1n) is 13.2. The minimum Gasteiger partial charge on any atom is -0.496 e. The molecule has 0 aromatic heterocycles. The van der Waals surface area contributed by atoms with Gasteiger partial charge in [-0.3, -0.25) is 9.59 Å². The number of amides is 2. The molecular formula is C31H35N3O4. The highest BCUT2D eigenvalue weighted by molar-refractivity contribution is 6.04. The van der Waals surface area contributed by atoms with Gasteiger partial charge in [-0.05, 0) is 86.1 Å². The van der Waals surface area contributed by atoms with E-state index in [4.69, 9.17) is 9.47 Å². The molecule has 0 saturated carbocycles. The van der Waals surface area contributed by atoms with Crippen molar-refractivity contribution in [2.45, 2.75) is 19.3 Å². The van der Waals surface area contributed by atoms with Gasteiger partial charge in [-0.1, -0.05) is 18.2 Å². The van der Waals surface area contributed by atoms with E-state index in [2.05, 4.69) is 17.3 Å². The third-order valence-corrected chi connectivity index (χ3v) is 7.55. The van der Waals surface area contributed by atoms with Crippen LogP contribution in [0.4, 0.5) is 5.69 Å². The van der Waals surface area contributed by atoms with E-state index in [-0.39, 0.29) is 11.8 Å². The molecule has 0 spiro atoms. The Balaban J connectivity index is 1.28. The van der Waals surface area contributed by atoms with Gasteiger partial charge in [0.1, 0.15) is 5.75 Å². The normalized spacial score (nSPS) is 17.9. The topological polar surface area (TPSA) is 71.1 Å². The molecule has 2 fully saturated rings. The highest BCUT2D eigenvalue weighted by Crippen LogP contribution is 2.35. The van der Waals surface area contributed by atoms with Gasteiger partial charge >= 0.3 is 0 Å². The fourth-order valence-electron chi connectivity index (χ4n) is 5.39. The monoisotopic (exact) mass is 513 g/mol. The van der Waals surface area contributed by atoms with Crippen molar-refractivity contribution in [3.05, 3.63) is 82.9 Å². The summed E-state index contributed by atoms with van der Waals surface area (Å²) in [6, 6.07) is 19.2. The number of benzene rings is 3. The summed E-state index contributed by atoms with van der Waals surface area (Å²) >= 11 is 0. The number of carbonyl (C=O) groups is 2. The number of nitrogens with one attached hydrogen (secondary N) is 1. The summed E-state index contributed by atoms with van der Waals surface area (Å²) in [5, 5.41) is 3.05. The summed E-state index contributed by atoms with van der Waals surface area (Å²) in [7, 11) is 3.82. The van der Waals surface area contributed by atoms with Gasteiger partial charge in [-0.25, -0.2) is 0 Å². The molecule has 0 aliphatic carbocycles. The average Bonchev–Trinajstić information content (AvgIpc) is 3.39. The van der Waals surface area contributed by atoms with Gasteiger partial charge < -0.3 is 24.6 Å². The van der Waals surface area contributed by atoms with Gasteiger partial charge in [0, 0.05) is 47.9 Å². The molecule has 2 aliphatic heterocycles. The van der Waals surface area contributed by atoms with Crippen LogP contribution in [0.25, 0.3) is 11.1 Å². The van der Waals surface area contributed by atoms with E-state index in [1.165, 1.54) is 0 Å². The number of anilines is 1. The van der Waals surface area contributed by atoms with Crippen molar-refractivity contribution in [2.24, 2.45) is 0 Å². The van der Waals surface area contributed by atoms with Crippen molar-refractivity contribution in [2.75, 3.05) is 58.9 Å². The maximum atomic E-state index is 13.0. The van der Waals surface area contributed by atoms with Crippen LogP contribution in [0.1, 0.15) is 44.2 Å². The zero-order valence-corrected chi connectivity index (χ0v) is 22.3. The van der Waals surface area contributed by atoms with E-state index < -0.39 is 0 Å². The average molecular weight is 514 g/mol. The molecule has 198 valence electrons. The van der Waals surface area contributed by atoms with E-state index in [9.17, 15) is 9.59 Å². The van der Waals surface area contributed by atoms with E-state index in [0.717, 1.165) is 53.2 Å². The minimum atomic E-state index is -0.153. The van der Waals surface area contributed by atoms with E-state index in [0.29, 0.717) is 43.3 Å². The number of ether oxygens (including phenoxy) is 2. The fourth-order valence-corrected chi connectivity index (χ4v) is 5.39. The molecule has 0 radical (unpaired) electrons. The van der Waals surface area contributed by atoms with E-state index in [1.54, 1.807) is 7.11 Å². The molecule has 0 bridgehead atoms. The Morgan fingerprint density at radius 2 is 1.68 bits per heavy atom. The number of carbonyl (C=O) groups excluding carboxylic acids is 2. The number of likely N-dealkylation sites (N-methyl/N-ethyl adjacent to an activating group) is 1. The third-order valence-electron chi connectivity index (χ3n) is 7.55. The number of nitrogens with zero attached hydrogens (tertiary/aromatic N) is 2. The molecule has 1 unspecified atom stereocenters. The first kappa shape index (κ1) is 25.9. The molecule has 3 aromatic rings. The lowest BCUT2D eigenvalue weighted by Gasteiger charge is -2.27. The van der Waals surface area contributed by atoms with Crippen molar-refractivity contribution in [1.29, 1.82) is 0 Å². The van der Waals surface area contributed by atoms with Crippen LogP contribution in [-0.2, 0) is 4.74 Å². The van der Waals surface area contributed by atoms with Crippen molar-refractivity contribution >= 4 is 17.5 Å². The van der Waals surface area contributed by atoms with Crippen LogP contribution in [0.2, 0.25) is 0 Å². The quantitative estimate of drug-likeness (QED) is 0.512. The van der Waals surface area contributed by atoms with Gasteiger partial charge in [0.25, 0.3) is 11.8 Å². The summed E-state index contributed by atoms with van der Waals surface area (Å²) in [4.78, 5) is 30.0. The first-order chi connectivity index (χ1) is 18.4. The molecule has 2 saturated heterocycles. The lowest BCUT2D eigenvalue weighted by molar-refractivity contribution is 0.0303. The Labute approximate surface area is 224 Å². The van der Waals surface area contributed by atoms with Crippen molar-refractivity contribution < 1.29 is 19.1 Å². The van der Waals surface area contributed by atoms with Gasteiger partial charge in [0.15, 0.2) is 0 Å². The number of morpholine rings is 1. The zero-order chi connectivity index (χ0) is 26.6. The van der Waals surface area contributed by atoms with Crippen molar-refractivity contribution in [1.82, 2.24) is 9.80 Å². The highest BCUT2D eigenvalue weighted by atomic mass is 16.5. The molecule has 38 heavy (non-hydrogen) atoms. The molecule has 5 rings (SSSR count).